The summed E-state index contributed by atoms with van der Waals surface area (Å²) in [6.45, 7) is 6.93. The molecule has 0 saturated heterocycles. The van der Waals surface area contributed by atoms with Crippen LogP contribution in [0.4, 0.5) is 0 Å². The lowest BCUT2D eigenvalue weighted by Gasteiger charge is -2.24. The lowest BCUT2D eigenvalue weighted by Crippen LogP contribution is -2.15. The Balaban J connectivity index is 1.42. The number of fused-ring (bicyclic) bond motifs is 8. The lowest BCUT2D eigenvalue weighted by molar-refractivity contribution is 0.660. The zero-order valence-electron chi connectivity index (χ0n) is 25.1. The van der Waals surface area contributed by atoms with Crippen molar-refractivity contribution in [2.45, 2.75) is 26.2 Å². The van der Waals surface area contributed by atoms with Crippen molar-refractivity contribution < 1.29 is 0 Å². The summed E-state index contributed by atoms with van der Waals surface area (Å²) in [4.78, 5) is 5.08. The summed E-state index contributed by atoms with van der Waals surface area (Å²) in [5.41, 5.74) is 12.7. The fourth-order valence-corrected chi connectivity index (χ4v) is 7.83. The molecule has 0 amide bonds. The van der Waals surface area contributed by atoms with Crippen molar-refractivity contribution in [3.63, 3.8) is 0 Å². The number of pyridine rings is 1. The van der Waals surface area contributed by atoms with Crippen molar-refractivity contribution in [1.29, 1.82) is 0 Å². The molecule has 1 heterocycles. The van der Waals surface area contributed by atoms with Gasteiger partial charge < -0.3 is 0 Å². The van der Waals surface area contributed by atoms with E-state index in [4.69, 9.17) is 4.98 Å². The molecule has 0 radical (unpaired) electrons. The first-order chi connectivity index (χ1) is 21.5. The van der Waals surface area contributed by atoms with E-state index >= 15 is 0 Å². The molecule has 0 fully saturated rings. The minimum Gasteiger partial charge on any atom is -0.256 e. The van der Waals surface area contributed by atoms with E-state index in [0.717, 1.165) is 5.52 Å². The highest BCUT2D eigenvalue weighted by Gasteiger charge is 2.38. The molecular formula is C43H31N. The second kappa shape index (κ2) is 9.11. The van der Waals surface area contributed by atoms with Crippen molar-refractivity contribution in [3.8, 4) is 33.4 Å². The van der Waals surface area contributed by atoms with Gasteiger partial charge in [-0.15, -0.1) is 0 Å². The van der Waals surface area contributed by atoms with E-state index in [1.165, 1.54) is 87.8 Å². The monoisotopic (exact) mass is 561 g/mol. The van der Waals surface area contributed by atoms with Crippen LogP contribution in [0.3, 0.4) is 0 Å². The molecule has 0 saturated carbocycles. The fourth-order valence-electron chi connectivity index (χ4n) is 7.83. The second-order valence-electron chi connectivity index (χ2n) is 12.8. The molecule has 9 rings (SSSR count). The van der Waals surface area contributed by atoms with E-state index in [9.17, 15) is 0 Å². The zero-order valence-corrected chi connectivity index (χ0v) is 25.1. The Morgan fingerprint density at radius 3 is 1.84 bits per heavy atom. The highest BCUT2D eigenvalue weighted by atomic mass is 14.7. The van der Waals surface area contributed by atoms with E-state index < -0.39 is 0 Å². The minimum atomic E-state index is -0.131. The largest absolute Gasteiger partial charge is 0.256 e. The molecule has 1 heteroatoms. The van der Waals surface area contributed by atoms with Crippen molar-refractivity contribution in [2.75, 3.05) is 0 Å². The van der Waals surface area contributed by atoms with Gasteiger partial charge in [-0.3, -0.25) is 4.98 Å². The fraction of sp³-hybridized carbons (Fsp3) is 0.0930. The van der Waals surface area contributed by atoms with E-state index in [0.29, 0.717) is 0 Å². The summed E-state index contributed by atoms with van der Waals surface area (Å²) in [5, 5.41) is 8.79. The molecule has 44 heavy (non-hydrogen) atoms. The maximum absolute atomic E-state index is 5.08. The Labute approximate surface area is 257 Å². The third-order valence-electron chi connectivity index (χ3n) is 9.92. The third-order valence-corrected chi connectivity index (χ3v) is 9.92. The average Bonchev–Trinajstić information content (AvgIpc) is 3.28. The van der Waals surface area contributed by atoms with Gasteiger partial charge in [0.1, 0.15) is 0 Å². The molecule has 1 aliphatic carbocycles. The molecule has 208 valence electrons. The number of benzene rings is 7. The van der Waals surface area contributed by atoms with E-state index in [1.807, 2.05) is 6.20 Å². The third kappa shape index (κ3) is 3.44. The maximum atomic E-state index is 5.08. The Morgan fingerprint density at radius 2 is 1.11 bits per heavy atom. The van der Waals surface area contributed by atoms with E-state index in [2.05, 4.69) is 148 Å². The van der Waals surface area contributed by atoms with Gasteiger partial charge >= 0.3 is 0 Å². The number of aromatic nitrogens is 1. The summed E-state index contributed by atoms with van der Waals surface area (Å²) < 4.78 is 0. The first-order valence-electron chi connectivity index (χ1n) is 15.5. The van der Waals surface area contributed by atoms with Gasteiger partial charge in [0.2, 0.25) is 0 Å². The molecule has 7 aromatic carbocycles. The Morgan fingerprint density at radius 1 is 0.477 bits per heavy atom. The van der Waals surface area contributed by atoms with Crippen LogP contribution in [-0.4, -0.2) is 4.98 Å². The van der Waals surface area contributed by atoms with Crippen LogP contribution in [0.5, 0.6) is 0 Å². The van der Waals surface area contributed by atoms with Gasteiger partial charge in [-0.2, -0.15) is 0 Å². The second-order valence-corrected chi connectivity index (χ2v) is 12.8. The van der Waals surface area contributed by atoms with Gasteiger partial charge in [0.15, 0.2) is 0 Å². The topological polar surface area (TPSA) is 12.9 Å². The normalized spacial score (nSPS) is 13.5. The van der Waals surface area contributed by atoms with Crippen LogP contribution in [0.15, 0.2) is 134 Å². The van der Waals surface area contributed by atoms with Crippen molar-refractivity contribution in [3.05, 3.63) is 150 Å². The summed E-state index contributed by atoms with van der Waals surface area (Å²) in [6.07, 6.45) is 1.95. The SMILES string of the molecule is Cc1ccc2c(c1)C(C)(C)c1cc(-c3c4ccccc4c(-c4ccc5ccccc5c4)c4ccccc34)c3cccnc3c1-2. The van der Waals surface area contributed by atoms with Gasteiger partial charge in [0, 0.05) is 22.6 Å². The van der Waals surface area contributed by atoms with E-state index in [1.54, 1.807) is 0 Å². The summed E-state index contributed by atoms with van der Waals surface area (Å²) in [5.74, 6) is 0. The molecule has 0 bridgehead atoms. The lowest BCUT2D eigenvalue weighted by atomic mass is 9.79. The summed E-state index contributed by atoms with van der Waals surface area (Å²) in [6, 6.07) is 47.2. The van der Waals surface area contributed by atoms with Crippen LogP contribution in [-0.2, 0) is 5.41 Å². The Hall–Kier alpha value is -5.27. The van der Waals surface area contributed by atoms with Gasteiger partial charge in [-0.1, -0.05) is 129 Å². The molecule has 0 atom stereocenters. The van der Waals surface area contributed by atoms with Crippen LogP contribution in [0.1, 0.15) is 30.5 Å². The molecule has 1 aliphatic rings. The Bertz CT molecular complexity index is 2420. The molecule has 0 unspecified atom stereocenters. The highest BCUT2D eigenvalue weighted by molar-refractivity contribution is 6.24. The van der Waals surface area contributed by atoms with E-state index in [-0.39, 0.29) is 5.41 Å². The smallest absolute Gasteiger partial charge is 0.0789 e. The molecule has 0 N–H and O–H groups in total. The standard InChI is InChI=1S/C43H31N/c1-26-18-21-35-37(23-26)43(2,3)38-25-36(34-17-10-22-44-42(34)41(35)38)40-32-15-8-6-13-30(32)39(31-14-7-9-16-33(31)40)29-20-19-27-11-4-5-12-28(27)24-29/h4-25H,1-3H3. The molecule has 8 aromatic rings. The first-order valence-corrected chi connectivity index (χ1v) is 15.5. The van der Waals surface area contributed by atoms with Crippen LogP contribution in [0, 0.1) is 6.92 Å². The van der Waals surface area contributed by atoms with Crippen molar-refractivity contribution >= 4 is 43.2 Å². The quantitative estimate of drug-likeness (QED) is 0.191. The average molecular weight is 562 g/mol. The van der Waals surface area contributed by atoms with Gasteiger partial charge in [-0.25, -0.2) is 0 Å². The zero-order chi connectivity index (χ0) is 29.6. The molecular weight excluding hydrogens is 530 g/mol. The summed E-state index contributed by atoms with van der Waals surface area (Å²) >= 11 is 0. The molecule has 1 aromatic heterocycles. The Kier molecular flexibility index (Phi) is 5.23. The predicted molar refractivity (Wildman–Crippen MR) is 187 cm³/mol. The maximum Gasteiger partial charge on any atom is 0.0789 e. The predicted octanol–water partition coefficient (Wildman–Crippen LogP) is 11.6. The first kappa shape index (κ1) is 25.2. The molecule has 0 aliphatic heterocycles. The highest BCUT2D eigenvalue weighted by Crippen LogP contribution is 2.54. The number of aryl methyl sites for hydroxylation is 1. The van der Waals surface area contributed by atoms with Gasteiger partial charge in [0.05, 0.1) is 5.52 Å². The minimum absolute atomic E-state index is 0.131. The van der Waals surface area contributed by atoms with Crippen LogP contribution < -0.4 is 0 Å². The van der Waals surface area contributed by atoms with Gasteiger partial charge in [-0.05, 0) is 96.4 Å². The number of nitrogens with zero attached hydrogens (tertiary/aromatic N) is 1. The van der Waals surface area contributed by atoms with Crippen LogP contribution in [0.25, 0.3) is 76.6 Å². The number of hydrogen-bond acceptors (Lipinski definition) is 1. The van der Waals surface area contributed by atoms with Crippen molar-refractivity contribution in [2.24, 2.45) is 0 Å². The molecule has 1 nitrogen and oxygen atoms in total. The van der Waals surface area contributed by atoms with Crippen LogP contribution in [0.2, 0.25) is 0 Å². The van der Waals surface area contributed by atoms with Gasteiger partial charge in [0.25, 0.3) is 0 Å². The number of rotatable bonds is 2. The van der Waals surface area contributed by atoms with Crippen molar-refractivity contribution in [1.82, 2.24) is 4.98 Å². The van der Waals surface area contributed by atoms with Crippen LogP contribution >= 0.6 is 0 Å². The molecule has 0 spiro atoms. The number of hydrogen-bond donors (Lipinski definition) is 0. The summed E-state index contributed by atoms with van der Waals surface area (Å²) in [7, 11) is 0.